The van der Waals surface area contributed by atoms with Gasteiger partial charge in [0.05, 0.1) is 17.4 Å². The maximum absolute atomic E-state index is 5.22. The molecule has 1 atom stereocenters. The van der Waals surface area contributed by atoms with Gasteiger partial charge in [-0.25, -0.2) is 9.98 Å². The van der Waals surface area contributed by atoms with Gasteiger partial charge in [-0.05, 0) is 69.6 Å². The summed E-state index contributed by atoms with van der Waals surface area (Å²) >= 11 is 1.84. The van der Waals surface area contributed by atoms with Gasteiger partial charge in [0.1, 0.15) is 10.8 Å². The Hall–Kier alpha value is -5.58. The summed E-state index contributed by atoms with van der Waals surface area (Å²) in [5.74, 6) is 0.877. The number of aryl methyl sites for hydroxylation is 2. The quantitative estimate of drug-likeness (QED) is 0.208. The second-order valence-electron chi connectivity index (χ2n) is 12.2. The highest BCUT2D eigenvalue weighted by Gasteiger charge is 2.25. The van der Waals surface area contributed by atoms with Crippen LogP contribution in [0.25, 0.3) is 49.4 Å². The molecule has 2 aliphatic rings. The van der Waals surface area contributed by atoms with E-state index in [1.165, 1.54) is 49.0 Å². The van der Waals surface area contributed by atoms with E-state index in [4.69, 9.17) is 9.98 Å². The number of aromatic nitrogens is 1. The molecule has 0 radical (unpaired) electrons. The van der Waals surface area contributed by atoms with Gasteiger partial charge < -0.3 is 5.32 Å². The monoisotopic (exact) mass is 621 g/mol. The van der Waals surface area contributed by atoms with E-state index < -0.39 is 0 Å². The predicted molar refractivity (Wildman–Crippen MR) is 197 cm³/mol. The topological polar surface area (TPSA) is 37.3 Å². The largest absolute Gasteiger partial charge is 0.359 e. The summed E-state index contributed by atoms with van der Waals surface area (Å²) in [6, 6.07) is 51.7. The molecule has 9 rings (SSSR count). The van der Waals surface area contributed by atoms with Gasteiger partial charge >= 0.3 is 0 Å². The van der Waals surface area contributed by atoms with Crippen LogP contribution in [0.1, 0.15) is 33.2 Å². The van der Waals surface area contributed by atoms with E-state index in [9.17, 15) is 0 Å². The van der Waals surface area contributed by atoms with E-state index in [0.29, 0.717) is 0 Å². The van der Waals surface area contributed by atoms with Gasteiger partial charge in [-0.15, -0.1) is 11.3 Å². The molecule has 1 aliphatic carbocycles. The number of rotatable bonds is 5. The first-order valence-corrected chi connectivity index (χ1v) is 17.0. The van der Waals surface area contributed by atoms with E-state index in [1.807, 2.05) is 11.3 Å². The predicted octanol–water partition coefficient (Wildman–Crippen LogP) is 10.5. The lowest BCUT2D eigenvalue weighted by atomic mass is 9.88. The molecule has 7 aromatic rings. The van der Waals surface area contributed by atoms with Gasteiger partial charge in [0.2, 0.25) is 0 Å². The van der Waals surface area contributed by atoms with Crippen molar-refractivity contribution in [2.75, 3.05) is 0 Å². The first kappa shape index (κ1) is 27.7. The van der Waals surface area contributed by atoms with Gasteiger partial charge in [0, 0.05) is 21.6 Å². The smallest absolute Gasteiger partial charge is 0.134 e. The van der Waals surface area contributed by atoms with Crippen LogP contribution in [0, 0.1) is 0 Å². The number of thiazole rings is 1. The van der Waals surface area contributed by atoms with Crippen LogP contribution in [-0.2, 0) is 12.8 Å². The van der Waals surface area contributed by atoms with Gasteiger partial charge in [0.15, 0.2) is 0 Å². The maximum Gasteiger partial charge on any atom is 0.134 e. The third-order valence-electron chi connectivity index (χ3n) is 9.23. The fraction of sp³-hybridized carbons (Fsp3) is 0.0698. The van der Waals surface area contributed by atoms with E-state index in [2.05, 4.69) is 157 Å². The molecule has 0 saturated heterocycles. The Morgan fingerprint density at radius 1 is 0.596 bits per heavy atom. The third kappa shape index (κ3) is 5.17. The molecule has 47 heavy (non-hydrogen) atoms. The minimum atomic E-state index is -0.0328. The van der Waals surface area contributed by atoms with Crippen LogP contribution in [0.3, 0.4) is 0 Å². The van der Waals surface area contributed by atoms with E-state index in [1.54, 1.807) is 0 Å². The fourth-order valence-electron chi connectivity index (χ4n) is 6.86. The van der Waals surface area contributed by atoms with Crippen molar-refractivity contribution in [2.45, 2.75) is 18.9 Å². The molecular weight excluding hydrogens is 591 g/mol. The van der Waals surface area contributed by atoms with Crippen molar-refractivity contribution in [3.63, 3.8) is 0 Å². The van der Waals surface area contributed by atoms with Gasteiger partial charge in [-0.2, -0.15) is 0 Å². The van der Waals surface area contributed by atoms with Crippen LogP contribution < -0.4 is 5.32 Å². The van der Waals surface area contributed by atoms with Gasteiger partial charge in [-0.1, -0.05) is 133 Å². The zero-order chi connectivity index (χ0) is 31.2. The summed E-state index contributed by atoms with van der Waals surface area (Å²) in [7, 11) is 0. The van der Waals surface area contributed by atoms with Crippen LogP contribution in [0.2, 0.25) is 0 Å². The highest BCUT2D eigenvalue weighted by atomic mass is 32.1. The van der Waals surface area contributed by atoms with Crippen molar-refractivity contribution in [1.29, 1.82) is 0 Å². The highest BCUT2D eigenvalue weighted by molar-refractivity contribution is 7.15. The molecule has 1 N–H and O–H groups in total. The Labute approximate surface area is 278 Å². The van der Waals surface area contributed by atoms with Crippen LogP contribution >= 0.6 is 11.3 Å². The standard InChI is InChI=1S/C43H31N3S/c1-4-11-28(12-5-1)32-17-10-18-34(25-32)38-27-37(29-13-6-2-7-14-29)44-42(45-38)35-21-23-36-33(26-35)20-19-30-22-24-39-41(40(30)36)46-43(47-39)31-15-8-3-9-16-31/h1-21,23,25-27,38H,22,24H2,(H,44,45). The minimum Gasteiger partial charge on any atom is -0.359 e. The summed E-state index contributed by atoms with van der Waals surface area (Å²) < 4.78 is 0. The second-order valence-corrected chi connectivity index (χ2v) is 13.3. The molecule has 0 bridgehead atoms. The Morgan fingerprint density at radius 3 is 2.11 bits per heavy atom. The Balaban J connectivity index is 1.12. The number of amidine groups is 1. The SMILES string of the molecule is C1=C(c2ccccc2)N=C(c2ccc3c4c(ccc3c2)CCc2sc(-c3ccccc3)nc2-4)NC1c1cccc(-c2ccccc2)c1. The lowest BCUT2D eigenvalue weighted by Crippen LogP contribution is -2.31. The number of benzene rings is 6. The molecule has 4 heteroatoms. The highest BCUT2D eigenvalue weighted by Crippen LogP contribution is 2.43. The van der Waals surface area contributed by atoms with Crippen molar-refractivity contribution in [2.24, 2.45) is 4.99 Å². The molecule has 2 heterocycles. The number of hydrogen-bond donors (Lipinski definition) is 1. The second kappa shape index (κ2) is 11.7. The van der Waals surface area contributed by atoms with Crippen LogP contribution in [-0.4, -0.2) is 10.8 Å². The molecule has 1 unspecified atom stereocenters. The lowest BCUT2D eigenvalue weighted by Gasteiger charge is -2.25. The Morgan fingerprint density at radius 2 is 1.32 bits per heavy atom. The average molecular weight is 622 g/mol. The van der Waals surface area contributed by atoms with Crippen molar-refractivity contribution >= 4 is 33.6 Å². The van der Waals surface area contributed by atoms with Crippen molar-refractivity contribution in [3.05, 3.63) is 179 Å². The summed E-state index contributed by atoms with van der Waals surface area (Å²) in [5, 5.41) is 7.34. The normalized spacial score (nSPS) is 15.3. The van der Waals surface area contributed by atoms with Gasteiger partial charge in [0.25, 0.3) is 0 Å². The Kier molecular flexibility index (Phi) is 6.87. The van der Waals surface area contributed by atoms with Crippen molar-refractivity contribution in [1.82, 2.24) is 10.3 Å². The molecule has 0 spiro atoms. The average Bonchev–Trinajstić information content (AvgIpc) is 3.60. The molecule has 0 amide bonds. The van der Waals surface area contributed by atoms with E-state index in [-0.39, 0.29) is 6.04 Å². The van der Waals surface area contributed by atoms with Crippen molar-refractivity contribution < 1.29 is 0 Å². The first-order chi connectivity index (χ1) is 23.3. The zero-order valence-electron chi connectivity index (χ0n) is 25.7. The van der Waals surface area contributed by atoms with E-state index >= 15 is 0 Å². The van der Waals surface area contributed by atoms with Gasteiger partial charge in [-0.3, -0.25) is 0 Å². The molecule has 224 valence electrons. The number of hydrogen-bond acceptors (Lipinski definition) is 4. The number of nitrogens with one attached hydrogen (secondary N) is 1. The summed E-state index contributed by atoms with van der Waals surface area (Å²) in [5.41, 5.74) is 11.8. The molecule has 6 aromatic carbocycles. The molecule has 3 nitrogen and oxygen atoms in total. The molecule has 1 aromatic heterocycles. The summed E-state index contributed by atoms with van der Waals surface area (Å²) in [6.45, 7) is 0. The first-order valence-electron chi connectivity index (χ1n) is 16.2. The number of aliphatic imine (C=N–C) groups is 1. The summed E-state index contributed by atoms with van der Waals surface area (Å²) in [4.78, 5) is 11.8. The van der Waals surface area contributed by atoms with Crippen LogP contribution in [0.5, 0.6) is 0 Å². The minimum absolute atomic E-state index is 0.0328. The molecule has 0 saturated carbocycles. The molecule has 0 fully saturated rings. The van der Waals surface area contributed by atoms with Crippen molar-refractivity contribution in [3.8, 4) is 33.0 Å². The Bertz CT molecular complexity index is 2320. The van der Waals surface area contributed by atoms with Crippen LogP contribution in [0.4, 0.5) is 0 Å². The zero-order valence-corrected chi connectivity index (χ0v) is 26.5. The molecule has 1 aliphatic heterocycles. The van der Waals surface area contributed by atoms with Crippen LogP contribution in [0.15, 0.2) is 157 Å². The number of nitrogens with zero attached hydrogens (tertiary/aromatic N) is 2. The third-order valence-corrected chi connectivity index (χ3v) is 10.4. The maximum atomic E-state index is 5.22. The molecular formula is C43H31N3S. The van der Waals surface area contributed by atoms with E-state index in [0.717, 1.165) is 46.2 Å². The fourth-order valence-corrected chi connectivity index (χ4v) is 7.93. The number of fused-ring (bicyclic) bond motifs is 5. The lowest BCUT2D eigenvalue weighted by molar-refractivity contribution is 0.781. The summed E-state index contributed by atoms with van der Waals surface area (Å²) in [6.07, 6.45) is 4.33.